The maximum absolute atomic E-state index is 11.6. The first-order chi connectivity index (χ1) is 8.92. The van der Waals surface area contributed by atoms with Crippen molar-refractivity contribution in [2.75, 3.05) is 12.4 Å². The number of carbonyl (C=O) groups excluding carboxylic acids is 1. The molecule has 0 aliphatic heterocycles. The van der Waals surface area contributed by atoms with Crippen molar-refractivity contribution in [2.45, 2.75) is 18.9 Å². The first kappa shape index (κ1) is 15.1. The van der Waals surface area contributed by atoms with Crippen molar-refractivity contribution >= 4 is 29.4 Å². The van der Waals surface area contributed by atoms with Crippen molar-refractivity contribution in [2.24, 2.45) is 5.73 Å². The van der Waals surface area contributed by atoms with Gasteiger partial charge in [0.05, 0.1) is 13.2 Å². The summed E-state index contributed by atoms with van der Waals surface area (Å²) in [4.78, 5) is 29.6. The highest BCUT2D eigenvalue weighted by atomic mass is 35.5. The Hall–Kier alpha value is -1.93. The fraction of sp³-hybridized carbons (Fsp3) is 0.400. The summed E-state index contributed by atoms with van der Waals surface area (Å²) in [5, 5.41) is 10.9. The molecule has 1 amide bonds. The third-order valence-electron chi connectivity index (χ3n) is 2.12. The van der Waals surface area contributed by atoms with E-state index >= 15 is 0 Å². The number of carbonyl (C=O) groups is 2. The number of nitrogens with two attached hydrogens (primary N) is 1. The largest absolute Gasteiger partial charge is 0.481 e. The van der Waals surface area contributed by atoms with Gasteiger partial charge in [0.2, 0.25) is 17.7 Å². The fourth-order valence-corrected chi connectivity index (χ4v) is 1.34. The number of ether oxygens (including phenoxy) is 1. The van der Waals surface area contributed by atoms with Crippen LogP contribution in [0.25, 0.3) is 0 Å². The first-order valence-corrected chi connectivity index (χ1v) is 5.67. The van der Waals surface area contributed by atoms with Crippen molar-refractivity contribution in [3.05, 3.63) is 11.2 Å². The normalized spacial score (nSPS) is 11.7. The zero-order valence-electron chi connectivity index (χ0n) is 10.1. The van der Waals surface area contributed by atoms with Gasteiger partial charge < -0.3 is 15.6 Å². The average molecular weight is 289 g/mol. The monoisotopic (exact) mass is 288 g/mol. The van der Waals surface area contributed by atoms with Crippen LogP contribution in [0.2, 0.25) is 5.15 Å². The first-order valence-electron chi connectivity index (χ1n) is 5.29. The molecular weight excluding hydrogens is 276 g/mol. The van der Waals surface area contributed by atoms with Gasteiger partial charge >= 0.3 is 5.97 Å². The van der Waals surface area contributed by atoms with Gasteiger partial charge in [-0.05, 0) is 6.42 Å². The van der Waals surface area contributed by atoms with Crippen LogP contribution in [0, 0.1) is 0 Å². The molecule has 0 aromatic carbocycles. The molecule has 0 fully saturated rings. The molecule has 0 radical (unpaired) electrons. The van der Waals surface area contributed by atoms with Gasteiger partial charge in [-0.25, -0.2) is 4.98 Å². The molecule has 0 spiro atoms. The molecule has 104 valence electrons. The molecule has 4 N–H and O–H groups in total. The van der Waals surface area contributed by atoms with Crippen LogP contribution in [-0.4, -0.2) is 40.1 Å². The molecule has 1 rings (SSSR count). The number of nitrogens with zero attached hydrogens (tertiary/aromatic N) is 2. The third kappa shape index (κ3) is 5.06. The van der Waals surface area contributed by atoms with E-state index in [1.807, 2.05) is 0 Å². The minimum absolute atomic E-state index is 0.0128. The van der Waals surface area contributed by atoms with E-state index in [-0.39, 0.29) is 29.8 Å². The fourth-order valence-electron chi connectivity index (χ4n) is 1.17. The van der Waals surface area contributed by atoms with Gasteiger partial charge in [-0.15, -0.1) is 0 Å². The van der Waals surface area contributed by atoms with E-state index in [0.29, 0.717) is 0 Å². The van der Waals surface area contributed by atoms with E-state index in [4.69, 9.17) is 27.2 Å². The lowest BCUT2D eigenvalue weighted by Crippen LogP contribution is -2.36. The zero-order valence-corrected chi connectivity index (χ0v) is 10.8. The lowest BCUT2D eigenvalue weighted by Gasteiger charge is -2.10. The Balaban J connectivity index is 2.65. The van der Waals surface area contributed by atoms with E-state index in [1.54, 1.807) is 0 Å². The Morgan fingerprint density at radius 2 is 2.26 bits per heavy atom. The van der Waals surface area contributed by atoms with E-state index in [0.717, 1.165) is 0 Å². The van der Waals surface area contributed by atoms with Crippen LogP contribution in [0.3, 0.4) is 0 Å². The predicted octanol–water partition coefficient (Wildman–Crippen LogP) is 0.269. The summed E-state index contributed by atoms with van der Waals surface area (Å²) >= 11 is 5.70. The molecular formula is C10H13ClN4O4. The van der Waals surface area contributed by atoms with Crippen LogP contribution in [0.5, 0.6) is 5.88 Å². The van der Waals surface area contributed by atoms with E-state index < -0.39 is 17.9 Å². The number of aromatic nitrogens is 2. The van der Waals surface area contributed by atoms with Crippen LogP contribution in [0.1, 0.15) is 12.8 Å². The number of nitrogens with one attached hydrogen (secondary N) is 1. The lowest BCUT2D eigenvalue weighted by atomic mass is 10.1. The smallest absolute Gasteiger partial charge is 0.303 e. The molecule has 0 aliphatic rings. The zero-order chi connectivity index (χ0) is 14.4. The Kier molecular flexibility index (Phi) is 5.46. The van der Waals surface area contributed by atoms with Crippen LogP contribution in [-0.2, 0) is 9.59 Å². The summed E-state index contributed by atoms with van der Waals surface area (Å²) in [5.74, 6) is -1.48. The number of aliphatic carboxylic acids is 1. The number of carboxylic acids is 1. The number of anilines is 1. The molecule has 1 aromatic rings. The third-order valence-corrected chi connectivity index (χ3v) is 2.32. The summed E-state index contributed by atoms with van der Waals surface area (Å²) in [6.45, 7) is 0. The number of halogens is 1. The molecule has 0 bridgehead atoms. The lowest BCUT2D eigenvalue weighted by molar-refractivity contribution is -0.137. The van der Waals surface area contributed by atoms with Gasteiger partial charge in [0.25, 0.3) is 0 Å². The summed E-state index contributed by atoms with van der Waals surface area (Å²) in [5.41, 5.74) is 5.53. The second-order valence-electron chi connectivity index (χ2n) is 3.58. The molecule has 0 saturated carbocycles. The van der Waals surface area contributed by atoms with Gasteiger partial charge in [0.1, 0.15) is 5.15 Å². The second-order valence-corrected chi connectivity index (χ2v) is 3.97. The molecule has 19 heavy (non-hydrogen) atoms. The van der Waals surface area contributed by atoms with Crippen molar-refractivity contribution in [1.29, 1.82) is 0 Å². The number of carboxylic acid groups (broad SMARTS) is 1. The van der Waals surface area contributed by atoms with E-state index in [9.17, 15) is 9.59 Å². The number of amides is 1. The van der Waals surface area contributed by atoms with Gasteiger partial charge in [0.15, 0.2) is 0 Å². The van der Waals surface area contributed by atoms with Gasteiger partial charge in [-0.1, -0.05) is 11.6 Å². The Labute approximate surface area is 113 Å². The van der Waals surface area contributed by atoms with E-state index in [1.165, 1.54) is 13.2 Å². The highest BCUT2D eigenvalue weighted by Gasteiger charge is 2.16. The maximum atomic E-state index is 11.6. The molecule has 1 heterocycles. The average Bonchev–Trinajstić information content (AvgIpc) is 2.34. The molecule has 1 unspecified atom stereocenters. The van der Waals surface area contributed by atoms with E-state index in [2.05, 4.69) is 15.3 Å². The number of rotatable bonds is 6. The van der Waals surface area contributed by atoms with Crippen molar-refractivity contribution < 1.29 is 19.4 Å². The number of methoxy groups -OCH3 is 1. The van der Waals surface area contributed by atoms with Crippen molar-refractivity contribution in [3.8, 4) is 5.88 Å². The standard InChI is InChI=1S/C10H13ClN4O4/c1-19-7-4-6(11)13-10(14-7)15-9(18)5(12)2-3-8(16)17/h4-5H,2-3,12H2,1H3,(H,16,17)(H,13,14,15,18). The highest BCUT2D eigenvalue weighted by molar-refractivity contribution is 6.29. The Bertz CT molecular complexity index is 483. The van der Waals surface area contributed by atoms with Crippen molar-refractivity contribution in [1.82, 2.24) is 9.97 Å². The van der Waals surface area contributed by atoms with Crippen LogP contribution in [0.15, 0.2) is 6.07 Å². The number of hydrogen-bond donors (Lipinski definition) is 3. The SMILES string of the molecule is COc1cc(Cl)nc(NC(=O)C(N)CCC(=O)O)n1. The molecule has 1 atom stereocenters. The van der Waals surface area contributed by atoms with Crippen LogP contribution >= 0.6 is 11.6 Å². The summed E-state index contributed by atoms with van der Waals surface area (Å²) in [7, 11) is 1.39. The minimum Gasteiger partial charge on any atom is -0.481 e. The summed E-state index contributed by atoms with van der Waals surface area (Å²) in [6.07, 6.45) is -0.187. The number of hydrogen-bond acceptors (Lipinski definition) is 6. The molecule has 1 aromatic heterocycles. The summed E-state index contributed by atoms with van der Waals surface area (Å²) < 4.78 is 4.86. The van der Waals surface area contributed by atoms with Gasteiger partial charge in [-0.3, -0.25) is 14.9 Å². The minimum atomic E-state index is -1.02. The van der Waals surface area contributed by atoms with Gasteiger partial charge in [0, 0.05) is 12.5 Å². The topological polar surface area (TPSA) is 127 Å². The van der Waals surface area contributed by atoms with Crippen LogP contribution < -0.4 is 15.8 Å². The highest BCUT2D eigenvalue weighted by Crippen LogP contribution is 2.15. The van der Waals surface area contributed by atoms with Gasteiger partial charge in [-0.2, -0.15) is 4.98 Å². The van der Waals surface area contributed by atoms with Crippen LogP contribution in [0.4, 0.5) is 5.95 Å². The maximum Gasteiger partial charge on any atom is 0.303 e. The Morgan fingerprint density at radius 3 is 2.84 bits per heavy atom. The van der Waals surface area contributed by atoms with Crippen molar-refractivity contribution in [3.63, 3.8) is 0 Å². The quantitative estimate of drug-likeness (QED) is 0.641. The predicted molar refractivity (Wildman–Crippen MR) is 67.1 cm³/mol. The molecule has 9 heteroatoms. The Morgan fingerprint density at radius 1 is 1.58 bits per heavy atom. The second kappa shape index (κ2) is 6.86. The summed E-state index contributed by atoms with van der Waals surface area (Å²) in [6, 6.07) is 0.409. The molecule has 0 aliphatic carbocycles. The molecule has 0 saturated heterocycles. The molecule has 8 nitrogen and oxygen atoms in total.